The summed E-state index contributed by atoms with van der Waals surface area (Å²) < 4.78 is 0. The summed E-state index contributed by atoms with van der Waals surface area (Å²) in [6.07, 6.45) is 3.46. The van der Waals surface area contributed by atoms with E-state index >= 15 is 0 Å². The van der Waals surface area contributed by atoms with Crippen molar-refractivity contribution < 1.29 is 0 Å². The highest BCUT2D eigenvalue weighted by Crippen LogP contribution is 2.33. The Labute approximate surface area is 80.3 Å². The minimum Gasteiger partial charge on any atom is -0.0766 e. The van der Waals surface area contributed by atoms with Gasteiger partial charge in [-0.15, -0.1) is 0 Å². The van der Waals surface area contributed by atoms with Crippen molar-refractivity contribution in [1.29, 1.82) is 0 Å². The average molecular weight is 172 g/mol. The smallest absolute Gasteiger partial charge is 0.00854 e. The largest absolute Gasteiger partial charge is 0.0766 e. The van der Waals surface area contributed by atoms with Crippen molar-refractivity contribution >= 4 is 5.57 Å². The van der Waals surface area contributed by atoms with Crippen LogP contribution < -0.4 is 0 Å². The lowest BCUT2D eigenvalue weighted by Crippen LogP contribution is -1.95. The molecule has 68 valence electrons. The molecule has 0 heteroatoms. The summed E-state index contributed by atoms with van der Waals surface area (Å²) in [6.45, 7) is 6.75. The van der Waals surface area contributed by atoms with Crippen molar-refractivity contribution in [2.75, 3.05) is 0 Å². The summed E-state index contributed by atoms with van der Waals surface area (Å²) in [5, 5.41) is 0. The zero-order chi connectivity index (χ0) is 9.42. The van der Waals surface area contributed by atoms with E-state index in [2.05, 4.69) is 45.0 Å². The Morgan fingerprint density at radius 2 is 2.00 bits per heavy atom. The third kappa shape index (κ3) is 1.31. The first-order valence-electron chi connectivity index (χ1n) is 4.99. The predicted molar refractivity (Wildman–Crippen MR) is 57.9 cm³/mol. The second kappa shape index (κ2) is 3.02. The summed E-state index contributed by atoms with van der Waals surface area (Å²) in [5.41, 5.74) is 5.98. The van der Waals surface area contributed by atoms with Crippen LogP contribution in [0.2, 0.25) is 0 Å². The quantitative estimate of drug-likeness (QED) is 0.605. The summed E-state index contributed by atoms with van der Waals surface area (Å²) in [7, 11) is 0. The van der Waals surface area contributed by atoms with Crippen LogP contribution in [-0.2, 0) is 6.42 Å². The van der Waals surface area contributed by atoms with Crippen LogP contribution in [-0.4, -0.2) is 0 Å². The zero-order valence-corrected chi connectivity index (χ0v) is 8.59. The van der Waals surface area contributed by atoms with Crippen LogP contribution in [0.25, 0.3) is 5.57 Å². The number of rotatable bonds is 1. The van der Waals surface area contributed by atoms with Crippen molar-refractivity contribution in [2.24, 2.45) is 0 Å². The molecule has 1 aliphatic carbocycles. The van der Waals surface area contributed by atoms with Crippen molar-refractivity contribution in [3.63, 3.8) is 0 Å². The fraction of sp³-hybridized carbons (Fsp3) is 0.385. The van der Waals surface area contributed by atoms with Gasteiger partial charge in [0, 0.05) is 0 Å². The highest BCUT2D eigenvalue weighted by molar-refractivity contribution is 5.74. The van der Waals surface area contributed by atoms with Gasteiger partial charge in [-0.25, -0.2) is 0 Å². The Hall–Kier alpha value is -1.04. The highest BCUT2D eigenvalue weighted by atomic mass is 14.2. The zero-order valence-electron chi connectivity index (χ0n) is 8.59. The van der Waals surface area contributed by atoms with Crippen molar-refractivity contribution in [3.8, 4) is 0 Å². The monoisotopic (exact) mass is 172 g/mol. The molecule has 1 aromatic carbocycles. The third-order valence-corrected chi connectivity index (χ3v) is 2.83. The molecule has 0 aromatic heterocycles. The van der Waals surface area contributed by atoms with Crippen LogP contribution in [0.3, 0.4) is 0 Å². The summed E-state index contributed by atoms with van der Waals surface area (Å²) in [6, 6.07) is 6.68. The molecule has 0 radical (unpaired) electrons. The van der Waals surface area contributed by atoms with Crippen LogP contribution in [0.1, 0.15) is 43.4 Å². The molecule has 1 aromatic rings. The molecular formula is C13H16. The molecule has 0 spiro atoms. The van der Waals surface area contributed by atoms with E-state index in [0.29, 0.717) is 5.92 Å². The van der Waals surface area contributed by atoms with Gasteiger partial charge in [0.05, 0.1) is 0 Å². The van der Waals surface area contributed by atoms with E-state index in [1.807, 2.05) is 0 Å². The Morgan fingerprint density at radius 1 is 1.23 bits per heavy atom. The fourth-order valence-corrected chi connectivity index (χ4v) is 2.12. The van der Waals surface area contributed by atoms with Crippen LogP contribution in [0.5, 0.6) is 0 Å². The molecule has 0 amide bonds. The molecule has 0 fully saturated rings. The van der Waals surface area contributed by atoms with E-state index in [0.717, 1.165) is 6.42 Å². The van der Waals surface area contributed by atoms with E-state index in [1.54, 1.807) is 0 Å². The van der Waals surface area contributed by atoms with Gasteiger partial charge in [-0.1, -0.05) is 38.1 Å². The number of allylic oxidation sites excluding steroid dienone is 2. The first-order valence-corrected chi connectivity index (χ1v) is 4.99. The maximum atomic E-state index is 2.33. The summed E-state index contributed by atoms with van der Waals surface area (Å²) >= 11 is 0. The maximum absolute atomic E-state index is 2.33. The molecule has 2 rings (SSSR count). The van der Waals surface area contributed by atoms with Crippen LogP contribution in [0, 0.1) is 0 Å². The van der Waals surface area contributed by atoms with Gasteiger partial charge in [0.25, 0.3) is 0 Å². The van der Waals surface area contributed by atoms with Crippen molar-refractivity contribution in [3.05, 3.63) is 41.0 Å². The molecule has 0 atom stereocenters. The lowest BCUT2D eigenvalue weighted by atomic mass is 9.92. The van der Waals surface area contributed by atoms with Gasteiger partial charge in [-0.3, -0.25) is 0 Å². The van der Waals surface area contributed by atoms with Gasteiger partial charge in [0.15, 0.2) is 0 Å². The molecule has 0 bridgehead atoms. The van der Waals surface area contributed by atoms with Gasteiger partial charge in [0.2, 0.25) is 0 Å². The Bertz CT molecular complexity index is 356. The van der Waals surface area contributed by atoms with Gasteiger partial charge in [0.1, 0.15) is 0 Å². The summed E-state index contributed by atoms with van der Waals surface area (Å²) in [5.74, 6) is 0.636. The maximum Gasteiger partial charge on any atom is -0.00854 e. The van der Waals surface area contributed by atoms with Gasteiger partial charge in [-0.2, -0.15) is 0 Å². The summed E-state index contributed by atoms with van der Waals surface area (Å²) in [4.78, 5) is 0. The lowest BCUT2D eigenvalue weighted by Gasteiger charge is -2.12. The first-order chi connectivity index (χ1) is 6.20. The minimum atomic E-state index is 0.636. The number of benzene rings is 1. The average Bonchev–Trinajstić information content (AvgIpc) is 2.48. The van der Waals surface area contributed by atoms with E-state index in [1.165, 1.54) is 22.3 Å². The third-order valence-electron chi connectivity index (χ3n) is 2.83. The Morgan fingerprint density at radius 3 is 2.69 bits per heavy atom. The lowest BCUT2D eigenvalue weighted by molar-refractivity contribution is 0.861. The highest BCUT2D eigenvalue weighted by Gasteiger charge is 2.15. The molecule has 0 N–H and O–H groups in total. The van der Waals surface area contributed by atoms with Crippen LogP contribution in [0.4, 0.5) is 0 Å². The van der Waals surface area contributed by atoms with Crippen LogP contribution in [0.15, 0.2) is 24.3 Å². The standard InChI is InChI=1S/C13H16/c1-9(2)12-6-4-5-11-8-7-10(3)13(11)12/h4-7,9H,8H2,1-3H3. The van der Waals surface area contributed by atoms with E-state index in [4.69, 9.17) is 0 Å². The molecule has 0 saturated carbocycles. The SMILES string of the molecule is CC1=CCc2cccc(C(C)C)c21. The topological polar surface area (TPSA) is 0 Å². The second-order valence-corrected chi connectivity index (χ2v) is 4.13. The molecule has 0 heterocycles. The predicted octanol–water partition coefficient (Wildman–Crippen LogP) is 3.77. The van der Waals surface area contributed by atoms with Crippen LogP contribution >= 0.6 is 0 Å². The molecule has 13 heavy (non-hydrogen) atoms. The van der Waals surface area contributed by atoms with Gasteiger partial charge >= 0.3 is 0 Å². The Kier molecular flexibility index (Phi) is 1.99. The number of fused-ring (bicyclic) bond motifs is 1. The molecule has 0 unspecified atom stereocenters. The van der Waals surface area contributed by atoms with Gasteiger partial charge in [-0.05, 0) is 41.5 Å². The van der Waals surface area contributed by atoms with Crippen molar-refractivity contribution in [1.82, 2.24) is 0 Å². The minimum absolute atomic E-state index is 0.636. The first kappa shape index (κ1) is 8.55. The molecule has 0 aliphatic heterocycles. The van der Waals surface area contributed by atoms with Crippen molar-refractivity contribution in [2.45, 2.75) is 33.1 Å². The number of hydrogen-bond acceptors (Lipinski definition) is 0. The van der Waals surface area contributed by atoms with Gasteiger partial charge < -0.3 is 0 Å². The Balaban J connectivity index is 2.60. The van der Waals surface area contributed by atoms with E-state index in [9.17, 15) is 0 Å². The number of hydrogen-bond donors (Lipinski definition) is 0. The molecule has 1 aliphatic rings. The van der Waals surface area contributed by atoms with E-state index < -0.39 is 0 Å². The normalized spacial score (nSPS) is 14.6. The second-order valence-electron chi connectivity index (χ2n) is 4.13. The molecule has 0 nitrogen and oxygen atoms in total. The fourth-order valence-electron chi connectivity index (χ4n) is 2.12. The van der Waals surface area contributed by atoms with E-state index in [-0.39, 0.29) is 0 Å². The molecule has 0 saturated heterocycles. The molecular weight excluding hydrogens is 156 g/mol.